The molecule has 0 fully saturated rings. The summed E-state index contributed by atoms with van der Waals surface area (Å²) in [6, 6.07) is 42.4. The summed E-state index contributed by atoms with van der Waals surface area (Å²) < 4.78 is 2.23. The second-order valence-electron chi connectivity index (χ2n) is 9.73. The van der Waals surface area contributed by atoms with E-state index < -0.39 is 0 Å². The van der Waals surface area contributed by atoms with Gasteiger partial charge in [0.2, 0.25) is 0 Å². The minimum Gasteiger partial charge on any atom is -0.292 e. The van der Waals surface area contributed by atoms with Crippen molar-refractivity contribution in [2.75, 3.05) is 0 Å². The first-order valence-corrected chi connectivity index (χ1v) is 13.0. The molecule has 0 N–H and O–H groups in total. The first-order valence-electron chi connectivity index (χ1n) is 13.0. The SMILES string of the molecule is c1ccc(-n2c(-c3ccc(-c4ccc5c(c4)c4cccnc4c4ncccc54)cc3)nc3ccccc32)cc1. The molecule has 182 valence electrons. The van der Waals surface area contributed by atoms with Crippen LogP contribution in [-0.4, -0.2) is 19.5 Å². The van der Waals surface area contributed by atoms with Crippen LogP contribution in [0.3, 0.4) is 0 Å². The van der Waals surface area contributed by atoms with Gasteiger partial charge in [-0.3, -0.25) is 14.5 Å². The summed E-state index contributed by atoms with van der Waals surface area (Å²) in [6.07, 6.45) is 3.68. The van der Waals surface area contributed by atoms with Crippen molar-refractivity contribution in [1.82, 2.24) is 19.5 Å². The van der Waals surface area contributed by atoms with E-state index in [1.165, 1.54) is 16.3 Å². The Labute approximate surface area is 224 Å². The Bertz CT molecular complexity index is 2130. The van der Waals surface area contributed by atoms with Crippen LogP contribution in [0.25, 0.3) is 71.8 Å². The lowest BCUT2D eigenvalue weighted by atomic mass is 9.95. The molecular weight excluding hydrogens is 476 g/mol. The summed E-state index contributed by atoms with van der Waals surface area (Å²) in [5, 5.41) is 4.62. The molecule has 0 unspecified atom stereocenters. The van der Waals surface area contributed by atoms with Gasteiger partial charge < -0.3 is 0 Å². The van der Waals surface area contributed by atoms with Crippen molar-refractivity contribution < 1.29 is 0 Å². The van der Waals surface area contributed by atoms with E-state index in [4.69, 9.17) is 4.98 Å². The number of hydrogen-bond acceptors (Lipinski definition) is 3. The van der Waals surface area contributed by atoms with E-state index in [2.05, 4.69) is 112 Å². The highest BCUT2D eigenvalue weighted by Gasteiger charge is 2.15. The molecule has 3 heterocycles. The summed E-state index contributed by atoms with van der Waals surface area (Å²) in [5.74, 6) is 0.934. The van der Waals surface area contributed by atoms with E-state index in [1.54, 1.807) is 0 Å². The maximum absolute atomic E-state index is 5.02. The van der Waals surface area contributed by atoms with Crippen molar-refractivity contribution in [1.29, 1.82) is 0 Å². The Morgan fingerprint density at radius 2 is 1.10 bits per heavy atom. The van der Waals surface area contributed by atoms with Crippen molar-refractivity contribution in [3.63, 3.8) is 0 Å². The number of hydrogen-bond donors (Lipinski definition) is 0. The minimum atomic E-state index is 0.934. The smallest absolute Gasteiger partial charge is 0.145 e. The summed E-state index contributed by atoms with van der Waals surface area (Å²) in [5.41, 5.74) is 8.46. The van der Waals surface area contributed by atoms with Gasteiger partial charge in [-0.25, -0.2) is 4.98 Å². The highest BCUT2D eigenvalue weighted by Crippen LogP contribution is 2.36. The molecule has 0 atom stereocenters. The van der Waals surface area contributed by atoms with Crippen molar-refractivity contribution >= 4 is 43.6 Å². The minimum absolute atomic E-state index is 0.934. The third-order valence-electron chi connectivity index (χ3n) is 7.49. The molecule has 0 saturated heterocycles. The first kappa shape index (κ1) is 21.7. The average Bonchev–Trinajstić information content (AvgIpc) is 3.41. The Balaban J connectivity index is 1.27. The van der Waals surface area contributed by atoms with Crippen LogP contribution in [0.2, 0.25) is 0 Å². The number of rotatable bonds is 3. The van der Waals surface area contributed by atoms with Gasteiger partial charge in [0.15, 0.2) is 0 Å². The number of aromatic nitrogens is 4. The summed E-state index contributed by atoms with van der Waals surface area (Å²) in [6.45, 7) is 0. The van der Waals surface area contributed by atoms with Crippen molar-refractivity contribution in [2.45, 2.75) is 0 Å². The van der Waals surface area contributed by atoms with Gasteiger partial charge in [0, 0.05) is 34.4 Å². The monoisotopic (exact) mass is 498 g/mol. The van der Waals surface area contributed by atoms with Crippen LogP contribution < -0.4 is 0 Å². The van der Waals surface area contributed by atoms with Gasteiger partial charge in [0.25, 0.3) is 0 Å². The quantitative estimate of drug-likeness (QED) is 0.229. The molecule has 0 saturated carbocycles. The molecule has 4 heteroatoms. The number of fused-ring (bicyclic) bond motifs is 7. The van der Waals surface area contributed by atoms with Gasteiger partial charge in [0.05, 0.1) is 22.1 Å². The van der Waals surface area contributed by atoms with E-state index in [-0.39, 0.29) is 0 Å². The molecule has 0 aliphatic heterocycles. The fourth-order valence-electron chi connectivity index (χ4n) is 5.67. The zero-order valence-corrected chi connectivity index (χ0v) is 21.0. The molecule has 0 bridgehead atoms. The van der Waals surface area contributed by atoms with E-state index in [1.807, 2.05) is 36.7 Å². The van der Waals surface area contributed by atoms with Crippen molar-refractivity contribution in [3.8, 4) is 28.2 Å². The second kappa shape index (κ2) is 8.61. The number of nitrogens with zero attached hydrogens (tertiary/aromatic N) is 4. The molecule has 0 aliphatic rings. The van der Waals surface area contributed by atoms with Crippen molar-refractivity contribution in [3.05, 3.63) is 134 Å². The summed E-state index contributed by atoms with van der Waals surface area (Å²) in [7, 11) is 0. The fourth-order valence-corrected chi connectivity index (χ4v) is 5.67. The van der Waals surface area contributed by atoms with Gasteiger partial charge in [-0.2, -0.15) is 0 Å². The van der Waals surface area contributed by atoms with Crippen LogP contribution in [0.15, 0.2) is 134 Å². The standard InChI is InChI=1S/C35H22N4/c1-2-8-26(9-3-1)39-32-13-5-4-12-31(32)38-35(39)24-16-14-23(15-17-24)25-18-19-27-28-10-6-20-36-33(28)34-29(30(27)22-25)11-7-21-37-34/h1-22H. The predicted octanol–water partition coefficient (Wildman–Crippen LogP) is 8.61. The molecule has 39 heavy (non-hydrogen) atoms. The second-order valence-corrected chi connectivity index (χ2v) is 9.73. The topological polar surface area (TPSA) is 43.6 Å². The highest BCUT2D eigenvalue weighted by molar-refractivity contribution is 6.23. The molecule has 3 aromatic heterocycles. The molecule has 4 nitrogen and oxygen atoms in total. The Kier molecular flexibility index (Phi) is 4.79. The van der Waals surface area contributed by atoms with Crippen LogP contribution in [0.1, 0.15) is 0 Å². The molecule has 0 spiro atoms. The van der Waals surface area contributed by atoms with Gasteiger partial charge in [-0.05, 0) is 64.4 Å². The van der Waals surface area contributed by atoms with E-state index >= 15 is 0 Å². The zero-order chi connectivity index (χ0) is 25.8. The van der Waals surface area contributed by atoms with Gasteiger partial charge in [-0.15, -0.1) is 0 Å². The molecule has 0 amide bonds. The van der Waals surface area contributed by atoms with E-state index in [0.717, 1.165) is 55.5 Å². The Morgan fingerprint density at radius 1 is 0.462 bits per heavy atom. The number of imidazole rings is 1. The van der Waals surface area contributed by atoms with Crippen LogP contribution in [-0.2, 0) is 0 Å². The largest absolute Gasteiger partial charge is 0.292 e. The molecular formula is C35H22N4. The van der Waals surface area contributed by atoms with Crippen LogP contribution in [0.5, 0.6) is 0 Å². The lowest BCUT2D eigenvalue weighted by Crippen LogP contribution is -1.97. The number of para-hydroxylation sites is 3. The summed E-state index contributed by atoms with van der Waals surface area (Å²) in [4.78, 5) is 14.4. The van der Waals surface area contributed by atoms with Crippen LogP contribution in [0.4, 0.5) is 0 Å². The molecule has 0 aliphatic carbocycles. The van der Waals surface area contributed by atoms with E-state index in [0.29, 0.717) is 0 Å². The number of pyridine rings is 2. The maximum Gasteiger partial charge on any atom is 0.145 e. The predicted molar refractivity (Wildman–Crippen MR) is 160 cm³/mol. The average molecular weight is 499 g/mol. The molecule has 8 rings (SSSR count). The van der Waals surface area contributed by atoms with Crippen LogP contribution in [0, 0.1) is 0 Å². The lowest BCUT2D eigenvalue weighted by Gasteiger charge is -2.12. The zero-order valence-electron chi connectivity index (χ0n) is 21.0. The van der Waals surface area contributed by atoms with Crippen molar-refractivity contribution in [2.24, 2.45) is 0 Å². The number of benzene rings is 5. The third kappa shape index (κ3) is 3.42. The van der Waals surface area contributed by atoms with Gasteiger partial charge in [-0.1, -0.05) is 78.9 Å². The van der Waals surface area contributed by atoms with Crippen LogP contribution >= 0.6 is 0 Å². The van der Waals surface area contributed by atoms with E-state index in [9.17, 15) is 0 Å². The molecule has 0 radical (unpaired) electrons. The Hall–Kier alpha value is -5.35. The highest BCUT2D eigenvalue weighted by atomic mass is 15.1. The van der Waals surface area contributed by atoms with Gasteiger partial charge in [0.1, 0.15) is 5.82 Å². The normalized spacial score (nSPS) is 11.6. The lowest BCUT2D eigenvalue weighted by molar-refractivity contribution is 1.10. The fraction of sp³-hybridized carbons (Fsp3) is 0. The molecule has 5 aromatic carbocycles. The molecule has 8 aromatic rings. The third-order valence-corrected chi connectivity index (χ3v) is 7.49. The maximum atomic E-state index is 5.02. The van der Waals surface area contributed by atoms with Gasteiger partial charge >= 0.3 is 0 Å². The summed E-state index contributed by atoms with van der Waals surface area (Å²) >= 11 is 0. The first-order chi connectivity index (χ1) is 19.3. The Morgan fingerprint density at radius 3 is 1.87 bits per heavy atom.